The summed E-state index contributed by atoms with van der Waals surface area (Å²) < 4.78 is 6.63. The highest BCUT2D eigenvalue weighted by atomic mass is 79.9. The van der Waals surface area contributed by atoms with Gasteiger partial charge in [-0.1, -0.05) is 6.92 Å². The first kappa shape index (κ1) is 10.2. The second-order valence-corrected chi connectivity index (χ2v) is 5.12. The van der Waals surface area contributed by atoms with Gasteiger partial charge in [-0.05, 0) is 34.3 Å². The minimum atomic E-state index is 0.0907. The predicted molar refractivity (Wildman–Crippen MR) is 64.1 cm³/mol. The summed E-state index contributed by atoms with van der Waals surface area (Å²) in [7, 11) is 0. The van der Waals surface area contributed by atoms with Crippen LogP contribution < -0.4 is 0 Å². The van der Waals surface area contributed by atoms with Gasteiger partial charge in [-0.25, -0.2) is 9.97 Å². The van der Waals surface area contributed by atoms with Crippen LogP contribution in [0.4, 0.5) is 0 Å². The molecule has 4 nitrogen and oxygen atoms in total. The highest BCUT2D eigenvalue weighted by Crippen LogP contribution is 2.33. The highest BCUT2D eigenvalue weighted by Gasteiger charge is 2.28. The lowest BCUT2D eigenvalue weighted by molar-refractivity contribution is 0.0882. The van der Waals surface area contributed by atoms with Crippen LogP contribution in [0.5, 0.6) is 0 Å². The monoisotopic (exact) mass is 281 g/mol. The van der Waals surface area contributed by atoms with Crippen molar-refractivity contribution in [1.29, 1.82) is 0 Å². The summed E-state index contributed by atoms with van der Waals surface area (Å²) in [5.41, 5.74) is 1.70. The van der Waals surface area contributed by atoms with Crippen LogP contribution in [-0.4, -0.2) is 21.6 Å². The van der Waals surface area contributed by atoms with Gasteiger partial charge >= 0.3 is 0 Å². The zero-order valence-corrected chi connectivity index (χ0v) is 10.5. The van der Waals surface area contributed by atoms with Gasteiger partial charge in [-0.2, -0.15) is 0 Å². The summed E-state index contributed by atoms with van der Waals surface area (Å²) in [5.74, 6) is 1.41. The number of aromatic nitrogens is 3. The predicted octanol–water partition coefficient (Wildman–Crippen LogP) is 2.82. The maximum Gasteiger partial charge on any atom is 0.177 e. The van der Waals surface area contributed by atoms with Crippen LogP contribution in [0.15, 0.2) is 16.7 Å². The van der Waals surface area contributed by atoms with E-state index in [4.69, 9.17) is 4.74 Å². The summed E-state index contributed by atoms with van der Waals surface area (Å²) in [6, 6.07) is 1.98. The number of hydrogen-bond donors (Lipinski definition) is 1. The molecule has 0 spiro atoms. The third-order valence-corrected chi connectivity index (χ3v) is 3.41. The van der Waals surface area contributed by atoms with Crippen LogP contribution in [0.1, 0.15) is 25.3 Å². The Morgan fingerprint density at radius 2 is 2.44 bits per heavy atom. The Morgan fingerprint density at radius 3 is 3.19 bits per heavy atom. The molecule has 1 N–H and O–H groups in total. The van der Waals surface area contributed by atoms with Gasteiger partial charge in [0.05, 0.1) is 5.52 Å². The molecule has 0 amide bonds. The zero-order chi connectivity index (χ0) is 11.1. The van der Waals surface area contributed by atoms with E-state index in [1.165, 1.54) is 0 Å². The van der Waals surface area contributed by atoms with Crippen LogP contribution in [0, 0.1) is 5.92 Å². The van der Waals surface area contributed by atoms with Crippen molar-refractivity contribution in [3.05, 3.63) is 22.6 Å². The number of fused-ring (bicyclic) bond motifs is 1. The first-order chi connectivity index (χ1) is 7.74. The van der Waals surface area contributed by atoms with Gasteiger partial charge in [0.2, 0.25) is 0 Å². The fourth-order valence-corrected chi connectivity index (χ4v) is 2.40. The van der Waals surface area contributed by atoms with Crippen LogP contribution in [0.2, 0.25) is 0 Å². The Balaban J connectivity index is 2.04. The Kier molecular flexibility index (Phi) is 2.44. The maximum absolute atomic E-state index is 5.68. The third-order valence-electron chi connectivity index (χ3n) is 2.98. The average molecular weight is 282 g/mol. The van der Waals surface area contributed by atoms with E-state index in [-0.39, 0.29) is 6.10 Å². The third kappa shape index (κ3) is 1.64. The van der Waals surface area contributed by atoms with E-state index < -0.39 is 0 Å². The normalized spacial score (nSPS) is 25.4. The number of pyridine rings is 1. The number of hydrogen-bond acceptors (Lipinski definition) is 3. The molecule has 1 aliphatic heterocycles. The van der Waals surface area contributed by atoms with Gasteiger partial charge in [0.25, 0.3) is 0 Å². The van der Waals surface area contributed by atoms with Crippen LogP contribution >= 0.6 is 15.9 Å². The van der Waals surface area contributed by atoms with E-state index in [0.29, 0.717) is 5.92 Å². The lowest BCUT2D eigenvalue weighted by Gasteiger charge is -2.10. The van der Waals surface area contributed by atoms with Crippen LogP contribution in [0.25, 0.3) is 11.2 Å². The Bertz CT molecular complexity index is 525. The van der Waals surface area contributed by atoms with Gasteiger partial charge < -0.3 is 9.72 Å². The molecule has 84 valence electrons. The van der Waals surface area contributed by atoms with Gasteiger partial charge in [0.1, 0.15) is 11.9 Å². The molecule has 3 rings (SSSR count). The second-order valence-electron chi connectivity index (χ2n) is 4.20. The smallest absolute Gasteiger partial charge is 0.177 e. The summed E-state index contributed by atoms with van der Waals surface area (Å²) in [4.78, 5) is 12.0. The fraction of sp³-hybridized carbons (Fsp3) is 0.455. The molecule has 0 aromatic carbocycles. The Labute approximate surface area is 102 Å². The number of halogens is 1. The lowest BCUT2D eigenvalue weighted by atomic mass is 10.0. The molecule has 1 saturated heterocycles. The number of imidazole rings is 1. The van der Waals surface area contributed by atoms with E-state index in [9.17, 15) is 0 Å². The summed E-state index contributed by atoms with van der Waals surface area (Å²) in [6.45, 7) is 3.01. The number of rotatable bonds is 1. The van der Waals surface area contributed by atoms with Crippen molar-refractivity contribution in [2.45, 2.75) is 19.4 Å². The van der Waals surface area contributed by atoms with Crippen molar-refractivity contribution >= 4 is 27.1 Å². The highest BCUT2D eigenvalue weighted by molar-refractivity contribution is 9.10. The van der Waals surface area contributed by atoms with E-state index in [0.717, 1.165) is 34.5 Å². The quantitative estimate of drug-likeness (QED) is 0.875. The van der Waals surface area contributed by atoms with Gasteiger partial charge in [-0.3, -0.25) is 0 Å². The molecule has 2 aromatic rings. The molecule has 5 heteroatoms. The zero-order valence-electron chi connectivity index (χ0n) is 8.90. The topological polar surface area (TPSA) is 50.8 Å². The van der Waals surface area contributed by atoms with Crippen LogP contribution in [-0.2, 0) is 4.74 Å². The van der Waals surface area contributed by atoms with Crippen molar-refractivity contribution in [3.63, 3.8) is 0 Å². The summed E-state index contributed by atoms with van der Waals surface area (Å²) in [6.07, 6.45) is 2.94. The average Bonchev–Trinajstić information content (AvgIpc) is 2.82. The number of H-pyrrole nitrogens is 1. The van der Waals surface area contributed by atoms with Crippen LogP contribution in [0.3, 0.4) is 0 Å². The second kappa shape index (κ2) is 3.82. The number of nitrogens with zero attached hydrogens (tertiary/aromatic N) is 2. The lowest BCUT2D eigenvalue weighted by Crippen LogP contribution is -2.05. The van der Waals surface area contributed by atoms with Crippen molar-refractivity contribution in [3.8, 4) is 0 Å². The van der Waals surface area contributed by atoms with Crippen molar-refractivity contribution < 1.29 is 4.74 Å². The largest absolute Gasteiger partial charge is 0.370 e. The van der Waals surface area contributed by atoms with Crippen molar-refractivity contribution in [2.75, 3.05) is 6.61 Å². The molecule has 0 saturated carbocycles. The number of nitrogens with one attached hydrogen (secondary N) is 1. The molecule has 2 aromatic heterocycles. The number of ether oxygens (including phenoxy) is 1. The number of aromatic amines is 1. The first-order valence-corrected chi connectivity index (χ1v) is 6.16. The molecule has 0 aliphatic carbocycles. The van der Waals surface area contributed by atoms with E-state index in [1.54, 1.807) is 6.20 Å². The summed E-state index contributed by atoms with van der Waals surface area (Å²) >= 11 is 3.40. The molecule has 2 atom stereocenters. The first-order valence-electron chi connectivity index (χ1n) is 5.37. The minimum absolute atomic E-state index is 0.0907. The van der Waals surface area contributed by atoms with Crippen molar-refractivity contribution in [1.82, 2.24) is 15.0 Å². The molecular formula is C11H12BrN3O. The summed E-state index contributed by atoms with van der Waals surface area (Å²) in [5, 5.41) is 0. The standard InChI is InChI=1S/C11H12BrN3O/c1-6-2-3-16-9(6)11-14-8-4-7(12)5-13-10(8)15-11/h4-6,9H,2-3H2,1H3,(H,13,14,15). The van der Waals surface area contributed by atoms with Gasteiger partial charge in [0.15, 0.2) is 5.65 Å². The molecule has 1 fully saturated rings. The van der Waals surface area contributed by atoms with E-state index >= 15 is 0 Å². The van der Waals surface area contributed by atoms with Gasteiger partial charge in [-0.15, -0.1) is 0 Å². The molecule has 3 heterocycles. The molecular weight excluding hydrogens is 270 g/mol. The molecule has 1 aliphatic rings. The fourth-order valence-electron chi connectivity index (χ4n) is 2.07. The SMILES string of the molecule is CC1CCOC1c1nc2ncc(Br)cc2[nH]1. The molecule has 16 heavy (non-hydrogen) atoms. The Morgan fingerprint density at radius 1 is 1.56 bits per heavy atom. The van der Waals surface area contributed by atoms with Gasteiger partial charge in [0, 0.05) is 17.3 Å². The maximum atomic E-state index is 5.68. The molecule has 2 unspecified atom stereocenters. The molecule has 0 radical (unpaired) electrons. The molecule has 0 bridgehead atoms. The van der Waals surface area contributed by atoms with E-state index in [2.05, 4.69) is 37.8 Å². The van der Waals surface area contributed by atoms with E-state index in [1.807, 2.05) is 6.07 Å². The minimum Gasteiger partial charge on any atom is -0.370 e. The Hall–Kier alpha value is -0.940. The van der Waals surface area contributed by atoms with Crippen molar-refractivity contribution in [2.24, 2.45) is 5.92 Å².